The number of nitrogens with zero attached hydrogens (tertiary/aromatic N) is 3. The van der Waals surface area contributed by atoms with E-state index < -0.39 is 5.82 Å². The van der Waals surface area contributed by atoms with E-state index in [4.69, 9.17) is 0 Å². The molecule has 0 saturated carbocycles. The molecule has 0 spiro atoms. The Bertz CT molecular complexity index is 904. The minimum absolute atomic E-state index is 0.152. The summed E-state index contributed by atoms with van der Waals surface area (Å²) in [6.45, 7) is 0.867. The first-order valence-electron chi connectivity index (χ1n) is 8.28. The van der Waals surface area contributed by atoms with Crippen molar-refractivity contribution >= 4 is 22.9 Å². The fourth-order valence-electron chi connectivity index (χ4n) is 3.05. The summed E-state index contributed by atoms with van der Waals surface area (Å²) in [5.41, 5.74) is 1.42. The number of rotatable bonds is 3. The van der Waals surface area contributed by atoms with Gasteiger partial charge in [0, 0.05) is 23.9 Å². The average Bonchev–Trinajstić information content (AvgIpc) is 3.23. The van der Waals surface area contributed by atoms with Crippen molar-refractivity contribution in [1.82, 2.24) is 14.8 Å². The number of hydrogen-bond acceptors (Lipinski definition) is 4. The molecule has 0 saturated heterocycles. The number of anilines is 1. The normalized spacial score (nSPS) is 14.0. The Morgan fingerprint density at radius 1 is 1.20 bits per heavy atom. The Balaban J connectivity index is 1.66. The Hall–Kier alpha value is -2.54. The number of nitrogens with one attached hydrogen (secondary N) is 1. The van der Waals surface area contributed by atoms with Crippen molar-refractivity contribution in [1.29, 1.82) is 0 Å². The molecule has 0 fully saturated rings. The Morgan fingerprint density at radius 2 is 2.12 bits per heavy atom. The van der Waals surface area contributed by atoms with Crippen LogP contribution < -0.4 is 5.32 Å². The van der Waals surface area contributed by atoms with E-state index in [2.05, 4.69) is 20.1 Å². The van der Waals surface area contributed by atoms with Crippen LogP contribution in [0, 0.1) is 5.82 Å². The summed E-state index contributed by atoms with van der Waals surface area (Å²) in [7, 11) is 0. The van der Waals surface area contributed by atoms with E-state index >= 15 is 0 Å². The summed E-state index contributed by atoms with van der Waals surface area (Å²) in [5, 5.41) is 14.8. The first-order valence-corrected chi connectivity index (χ1v) is 9.22. The lowest BCUT2D eigenvalue weighted by molar-refractivity contribution is 0.102. The summed E-state index contributed by atoms with van der Waals surface area (Å²) >= 11 is 1.43. The Labute approximate surface area is 148 Å². The summed E-state index contributed by atoms with van der Waals surface area (Å²) in [6.07, 6.45) is 4.29. The highest BCUT2D eigenvalue weighted by atomic mass is 32.1. The standard InChI is InChI=1S/C18H17FN4OS/c19-14-6-5-12(10-15(14)20-18(24)13-7-9-25-11-13)17-22-21-16-4-2-1-3-8-23(16)17/h5-7,9-11H,1-4,8H2,(H,20,24). The molecule has 1 aliphatic heterocycles. The molecule has 0 bridgehead atoms. The molecule has 128 valence electrons. The molecule has 7 heteroatoms. The molecular weight excluding hydrogens is 339 g/mol. The van der Waals surface area contributed by atoms with Crippen molar-refractivity contribution < 1.29 is 9.18 Å². The van der Waals surface area contributed by atoms with Crippen molar-refractivity contribution in [3.8, 4) is 11.4 Å². The molecule has 2 aromatic heterocycles. The van der Waals surface area contributed by atoms with Gasteiger partial charge in [-0.25, -0.2) is 4.39 Å². The van der Waals surface area contributed by atoms with Gasteiger partial charge in [0.25, 0.3) is 5.91 Å². The zero-order chi connectivity index (χ0) is 17.2. The lowest BCUT2D eigenvalue weighted by Gasteiger charge is -2.10. The second kappa shape index (κ2) is 6.76. The lowest BCUT2D eigenvalue weighted by Crippen LogP contribution is -2.12. The lowest BCUT2D eigenvalue weighted by atomic mass is 10.1. The topological polar surface area (TPSA) is 59.8 Å². The maximum atomic E-state index is 14.2. The number of thiophene rings is 1. The van der Waals surface area contributed by atoms with Crippen LogP contribution in [0.3, 0.4) is 0 Å². The van der Waals surface area contributed by atoms with E-state index in [1.54, 1.807) is 23.6 Å². The Morgan fingerprint density at radius 3 is 2.96 bits per heavy atom. The highest BCUT2D eigenvalue weighted by molar-refractivity contribution is 7.08. The predicted octanol–water partition coefficient (Wildman–Crippen LogP) is 4.12. The first-order chi connectivity index (χ1) is 12.2. The molecule has 3 aromatic rings. The minimum Gasteiger partial charge on any atom is -0.319 e. The van der Waals surface area contributed by atoms with Gasteiger partial charge in [-0.2, -0.15) is 11.3 Å². The number of aromatic nitrogens is 3. The maximum Gasteiger partial charge on any atom is 0.256 e. The molecule has 0 aliphatic carbocycles. The number of benzene rings is 1. The van der Waals surface area contributed by atoms with E-state index in [9.17, 15) is 9.18 Å². The van der Waals surface area contributed by atoms with E-state index in [-0.39, 0.29) is 11.6 Å². The number of aryl methyl sites for hydroxylation is 1. The summed E-state index contributed by atoms with van der Waals surface area (Å²) in [5.74, 6) is 0.906. The number of hydrogen-bond donors (Lipinski definition) is 1. The highest BCUT2D eigenvalue weighted by Crippen LogP contribution is 2.27. The third-order valence-corrected chi connectivity index (χ3v) is 5.05. The molecule has 5 nitrogen and oxygen atoms in total. The quantitative estimate of drug-likeness (QED) is 0.768. The molecule has 1 aromatic carbocycles. The summed E-state index contributed by atoms with van der Waals surface area (Å²) in [6, 6.07) is 6.37. The van der Waals surface area contributed by atoms with Crippen LogP contribution in [0.25, 0.3) is 11.4 Å². The molecule has 0 radical (unpaired) electrons. The van der Waals surface area contributed by atoms with Gasteiger partial charge in [-0.3, -0.25) is 4.79 Å². The molecule has 0 atom stereocenters. The SMILES string of the molecule is O=C(Nc1cc(-c2nnc3n2CCCCC3)ccc1F)c1ccsc1. The van der Waals surface area contributed by atoms with Gasteiger partial charge < -0.3 is 9.88 Å². The summed E-state index contributed by atoms with van der Waals surface area (Å²) in [4.78, 5) is 12.2. The van der Waals surface area contributed by atoms with Gasteiger partial charge in [0.05, 0.1) is 11.3 Å². The van der Waals surface area contributed by atoms with Crippen LogP contribution in [0.4, 0.5) is 10.1 Å². The number of fused-ring (bicyclic) bond motifs is 1. The van der Waals surface area contributed by atoms with Gasteiger partial charge in [0.15, 0.2) is 5.82 Å². The molecule has 0 unspecified atom stereocenters. The van der Waals surface area contributed by atoms with Gasteiger partial charge in [0.2, 0.25) is 0 Å². The zero-order valence-corrected chi connectivity index (χ0v) is 14.4. The van der Waals surface area contributed by atoms with Crippen LogP contribution in [0.15, 0.2) is 35.0 Å². The molecular formula is C18H17FN4OS. The van der Waals surface area contributed by atoms with Crippen LogP contribution >= 0.6 is 11.3 Å². The smallest absolute Gasteiger partial charge is 0.256 e. The van der Waals surface area contributed by atoms with Gasteiger partial charge in [-0.15, -0.1) is 10.2 Å². The van der Waals surface area contributed by atoms with Crippen LogP contribution in [0.2, 0.25) is 0 Å². The van der Waals surface area contributed by atoms with Crippen molar-refractivity contribution in [3.05, 3.63) is 52.2 Å². The van der Waals surface area contributed by atoms with Gasteiger partial charge in [0.1, 0.15) is 11.6 Å². The van der Waals surface area contributed by atoms with E-state index in [0.29, 0.717) is 5.56 Å². The number of carbonyl (C=O) groups is 1. The molecule has 1 amide bonds. The third-order valence-electron chi connectivity index (χ3n) is 4.37. The third kappa shape index (κ3) is 3.19. The first kappa shape index (κ1) is 16.0. The van der Waals surface area contributed by atoms with Gasteiger partial charge >= 0.3 is 0 Å². The van der Waals surface area contributed by atoms with Crippen molar-refractivity contribution in [2.24, 2.45) is 0 Å². The van der Waals surface area contributed by atoms with Crippen LogP contribution in [-0.2, 0) is 13.0 Å². The monoisotopic (exact) mass is 356 g/mol. The fourth-order valence-corrected chi connectivity index (χ4v) is 3.68. The van der Waals surface area contributed by atoms with Crippen LogP contribution in [0.5, 0.6) is 0 Å². The molecule has 3 heterocycles. The second-order valence-electron chi connectivity index (χ2n) is 6.06. The van der Waals surface area contributed by atoms with E-state index in [1.807, 2.05) is 5.38 Å². The second-order valence-corrected chi connectivity index (χ2v) is 6.84. The zero-order valence-electron chi connectivity index (χ0n) is 13.5. The van der Waals surface area contributed by atoms with Gasteiger partial charge in [-0.05, 0) is 42.5 Å². The van der Waals surface area contributed by atoms with E-state index in [1.165, 1.54) is 23.8 Å². The van der Waals surface area contributed by atoms with E-state index in [0.717, 1.165) is 43.0 Å². The number of halogens is 1. The predicted molar refractivity (Wildman–Crippen MR) is 95.2 cm³/mol. The van der Waals surface area contributed by atoms with Gasteiger partial charge in [-0.1, -0.05) is 6.42 Å². The molecule has 4 rings (SSSR count). The largest absolute Gasteiger partial charge is 0.319 e. The Kier molecular flexibility index (Phi) is 4.31. The van der Waals surface area contributed by atoms with Crippen molar-refractivity contribution in [3.63, 3.8) is 0 Å². The maximum absolute atomic E-state index is 14.2. The average molecular weight is 356 g/mol. The number of carbonyl (C=O) groups excluding carboxylic acids is 1. The van der Waals surface area contributed by atoms with Crippen LogP contribution in [0.1, 0.15) is 35.4 Å². The van der Waals surface area contributed by atoms with Crippen molar-refractivity contribution in [2.75, 3.05) is 5.32 Å². The molecule has 1 aliphatic rings. The molecule has 25 heavy (non-hydrogen) atoms. The minimum atomic E-state index is -0.470. The highest BCUT2D eigenvalue weighted by Gasteiger charge is 2.18. The fraction of sp³-hybridized carbons (Fsp3) is 0.278. The van der Waals surface area contributed by atoms with Crippen LogP contribution in [-0.4, -0.2) is 20.7 Å². The molecule has 1 N–H and O–H groups in total. The number of amides is 1. The van der Waals surface area contributed by atoms with Crippen molar-refractivity contribution in [2.45, 2.75) is 32.2 Å². The summed E-state index contributed by atoms with van der Waals surface area (Å²) < 4.78 is 16.3.